The van der Waals surface area contributed by atoms with Crippen molar-refractivity contribution in [2.75, 3.05) is 26.2 Å². The number of benzene rings is 1. The summed E-state index contributed by atoms with van der Waals surface area (Å²) in [4.78, 5) is 32.2. The third-order valence-corrected chi connectivity index (χ3v) is 6.66. The van der Waals surface area contributed by atoms with Gasteiger partial charge in [-0.1, -0.05) is 13.0 Å². The Morgan fingerprint density at radius 1 is 1.20 bits per heavy atom. The van der Waals surface area contributed by atoms with Crippen molar-refractivity contribution in [1.82, 2.24) is 20.1 Å². The molecular weight excluding hydrogens is 383 g/mol. The molecule has 1 aromatic heterocycles. The van der Waals surface area contributed by atoms with Gasteiger partial charge >= 0.3 is 0 Å². The zero-order valence-corrected chi connectivity index (χ0v) is 17.8. The minimum Gasteiger partial charge on any atom is -0.350 e. The predicted octanol–water partition coefficient (Wildman–Crippen LogP) is 3.21. The van der Waals surface area contributed by atoms with Gasteiger partial charge in [0.05, 0.1) is 5.52 Å². The van der Waals surface area contributed by atoms with E-state index in [1.807, 2.05) is 18.7 Å². The maximum absolute atomic E-state index is 14.1. The van der Waals surface area contributed by atoms with Crippen LogP contribution in [-0.4, -0.2) is 64.9 Å². The number of nitrogens with zero attached hydrogens (tertiary/aromatic N) is 2. The van der Waals surface area contributed by atoms with Gasteiger partial charge in [-0.2, -0.15) is 0 Å². The van der Waals surface area contributed by atoms with Crippen molar-refractivity contribution in [2.24, 2.45) is 0 Å². The summed E-state index contributed by atoms with van der Waals surface area (Å²) in [5, 5.41) is 3.62. The Morgan fingerprint density at radius 3 is 2.67 bits per heavy atom. The van der Waals surface area contributed by atoms with E-state index in [0.29, 0.717) is 29.1 Å². The Labute approximate surface area is 176 Å². The number of H-pyrrole nitrogens is 1. The number of amides is 2. The number of hydrogen-bond acceptors (Lipinski definition) is 3. The molecule has 0 radical (unpaired) electrons. The molecule has 2 N–H and O–H groups in total. The van der Waals surface area contributed by atoms with E-state index in [9.17, 15) is 14.0 Å². The Bertz CT molecular complexity index is 894. The van der Waals surface area contributed by atoms with Crippen molar-refractivity contribution in [3.63, 3.8) is 0 Å². The van der Waals surface area contributed by atoms with Gasteiger partial charge in [0.1, 0.15) is 11.5 Å². The molecule has 2 amide bonds. The fourth-order valence-electron chi connectivity index (χ4n) is 4.90. The number of rotatable bonds is 4. The fraction of sp³-hybridized carbons (Fsp3) is 0.565. The minimum absolute atomic E-state index is 0.115. The molecule has 0 bridgehead atoms. The van der Waals surface area contributed by atoms with E-state index < -0.39 is 0 Å². The van der Waals surface area contributed by atoms with Crippen molar-refractivity contribution in [3.05, 3.63) is 35.3 Å². The molecule has 1 saturated heterocycles. The largest absolute Gasteiger partial charge is 0.350 e. The van der Waals surface area contributed by atoms with Crippen LogP contribution in [0.4, 0.5) is 4.39 Å². The second kappa shape index (κ2) is 8.76. The highest BCUT2D eigenvalue weighted by molar-refractivity contribution is 5.99. The van der Waals surface area contributed by atoms with Gasteiger partial charge in [-0.3, -0.25) is 14.5 Å². The number of aromatic nitrogens is 1. The van der Waals surface area contributed by atoms with E-state index in [4.69, 9.17) is 0 Å². The number of nitrogens with one attached hydrogen (secondary N) is 2. The van der Waals surface area contributed by atoms with Gasteiger partial charge < -0.3 is 15.2 Å². The fourth-order valence-corrected chi connectivity index (χ4v) is 4.90. The van der Waals surface area contributed by atoms with Gasteiger partial charge in [0.2, 0.25) is 5.91 Å². The van der Waals surface area contributed by atoms with Gasteiger partial charge in [-0.25, -0.2) is 4.39 Å². The summed E-state index contributed by atoms with van der Waals surface area (Å²) in [7, 11) is 0. The first-order valence-electron chi connectivity index (χ1n) is 11.1. The first-order valence-corrected chi connectivity index (χ1v) is 11.1. The maximum atomic E-state index is 14.1. The van der Waals surface area contributed by atoms with E-state index in [0.717, 1.165) is 57.4 Å². The molecular formula is C23H31FN4O2. The van der Waals surface area contributed by atoms with Crippen LogP contribution in [0.25, 0.3) is 10.9 Å². The summed E-state index contributed by atoms with van der Waals surface area (Å²) in [5.41, 5.74) is 2.01. The van der Waals surface area contributed by atoms with Crippen molar-refractivity contribution < 1.29 is 14.0 Å². The standard InChI is InChI=1S/C23H31FN4O2/c1-3-21(29)28-11-9-27(10-12-28)17-6-4-5-16(13-17)25-23(30)20-14-18-19(24)8-7-15(2)22(18)26-20/h7-8,14,16-17,26H,3-6,9-13H2,1-2H3,(H,25,30)/t16-,17+/m1/s1. The molecule has 2 aromatic rings. The van der Waals surface area contributed by atoms with E-state index in [-0.39, 0.29) is 23.7 Å². The predicted molar refractivity (Wildman–Crippen MR) is 115 cm³/mol. The zero-order chi connectivity index (χ0) is 21.3. The van der Waals surface area contributed by atoms with Crippen LogP contribution in [0, 0.1) is 12.7 Å². The van der Waals surface area contributed by atoms with Crippen LogP contribution < -0.4 is 5.32 Å². The number of carbonyl (C=O) groups is 2. The highest BCUT2D eigenvalue weighted by Crippen LogP contribution is 2.26. The highest BCUT2D eigenvalue weighted by atomic mass is 19.1. The lowest BCUT2D eigenvalue weighted by molar-refractivity contribution is -0.133. The average molecular weight is 415 g/mol. The van der Waals surface area contributed by atoms with Crippen LogP contribution in [0.2, 0.25) is 0 Å². The van der Waals surface area contributed by atoms with Gasteiger partial charge in [0.15, 0.2) is 0 Å². The summed E-state index contributed by atoms with van der Waals surface area (Å²) in [6.07, 6.45) is 4.65. The first kappa shape index (κ1) is 20.8. The number of carbonyl (C=O) groups excluding carboxylic acids is 2. The lowest BCUT2D eigenvalue weighted by atomic mass is 9.89. The lowest BCUT2D eigenvalue weighted by Crippen LogP contribution is -2.54. The number of fused-ring (bicyclic) bond motifs is 1. The number of hydrogen-bond donors (Lipinski definition) is 2. The number of aryl methyl sites for hydroxylation is 1. The molecule has 6 nitrogen and oxygen atoms in total. The van der Waals surface area contributed by atoms with Crippen molar-refractivity contribution >= 4 is 22.7 Å². The molecule has 0 spiro atoms. The second-order valence-corrected chi connectivity index (χ2v) is 8.60. The molecule has 7 heteroatoms. The molecule has 4 rings (SSSR count). The maximum Gasteiger partial charge on any atom is 0.267 e. The van der Waals surface area contributed by atoms with Gasteiger partial charge in [-0.05, 0) is 50.3 Å². The summed E-state index contributed by atoms with van der Waals surface area (Å²) < 4.78 is 14.1. The van der Waals surface area contributed by atoms with Gasteiger partial charge in [0.25, 0.3) is 5.91 Å². The Balaban J connectivity index is 1.36. The number of halogens is 1. The molecule has 30 heavy (non-hydrogen) atoms. The summed E-state index contributed by atoms with van der Waals surface area (Å²) in [6, 6.07) is 5.31. The van der Waals surface area contributed by atoms with Gasteiger partial charge in [-0.15, -0.1) is 0 Å². The van der Waals surface area contributed by atoms with E-state index in [2.05, 4.69) is 15.2 Å². The lowest BCUT2D eigenvalue weighted by Gasteiger charge is -2.42. The second-order valence-electron chi connectivity index (χ2n) is 8.60. The molecule has 2 aliphatic rings. The summed E-state index contributed by atoms with van der Waals surface area (Å²) >= 11 is 0. The third-order valence-electron chi connectivity index (χ3n) is 6.66. The van der Waals surface area contributed by atoms with Crippen LogP contribution in [0.15, 0.2) is 18.2 Å². The van der Waals surface area contributed by atoms with E-state index in [1.165, 1.54) is 6.07 Å². The smallest absolute Gasteiger partial charge is 0.267 e. The average Bonchev–Trinajstić information content (AvgIpc) is 3.23. The molecule has 2 heterocycles. The molecule has 0 unspecified atom stereocenters. The molecule has 2 fully saturated rings. The van der Waals surface area contributed by atoms with Crippen LogP contribution >= 0.6 is 0 Å². The molecule has 1 aliphatic carbocycles. The van der Waals surface area contributed by atoms with Gasteiger partial charge in [0, 0.05) is 50.1 Å². The first-order chi connectivity index (χ1) is 14.5. The highest BCUT2D eigenvalue weighted by Gasteiger charge is 2.30. The normalized spacial score (nSPS) is 23.0. The number of piperazine rings is 1. The Morgan fingerprint density at radius 2 is 1.97 bits per heavy atom. The van der Waals surface area contributed by atoms with E-state index >= 15 is 0 Å². The molecule has 2 atom stereocenters. The molecule has 1 aliphatic heterocycles. The number of aromatic amines is 1. The van der Waals surface area contributed by atoms with E-state index in [1.54, 1.807) is 12.1 Å². The van der Waals surface area contributed by atoms with Crippen LogP contribution in [-0.2, 0) is 4.79 Å². The Hall–Kier alpha value is -2.41. The third kappa shape index (κ3) is 4.21. The molecule has 1 saturated carbocycles. The SMILES string of the molecule is CCC(=O)N1CCN([C@H]2CCC[C@@H](NC(=O)c3cc4c(F)ccc(C)c4[nH]3)C2)CC1. The van der Waals surface area contributed by atoms with Crippen LogP contribution in [0.3, 0.4) is 0 Å². The Kier molecular flexibility index (Phi) is 6.09. The minimum atomic E-state index is -0.315. The van der Waals surface area contributed by atoms with Crippen LogP contribution in [0.5, 0.6) is 0 Å². The molecule has 1 aromatic carbocycles. The van der Waals surface area contributed by atoms with Crippen molar-refractivity contribution in [3.8, 4) is 0 Å². The summed E-state index contributed by atoms with van der Waals surface area (Å²) in [5.74, 6) is -0.258. The summed E-state index contributed by atoms with van der Waals surface area (Å²) in [6.45, 7) is 7.20. The van der Waals surface area contributed by atoms with Crippen molar-refractivity contribution in [1.29, 1.82) is 0 Å². The zero-order valence-electron chi connectivity index (χ0n) is 17.8. The molecule has 162 valence electrons. The topological polar surface area (TPSA) is 68.4 Å². The monoisotopic (exact) mass is 414 g/mol. The van der Waals surface area contributed by atoms with Crippen molar-refractivity contribution in [2.45, 2.75) is 58.0 Å². The quantitative estimate of drug-likeness (QED) is 0.807. The van der Waals surface area contributed by atoms with Crippen LogP contribution in [0.1, 0.15) is 55.1 Å².